The molecular weight excluding hydrogens is 294 g/mol. The van der Waals surface area contributed by atoms with Gasteiger partial charge in [0, 0.05) is 18.0 Å². The SMILES string of the molecule is CC(CCO)CNC(=O)c1cc2c(s1)-c1ccccc1CC2. The van der Waals surface area contributed by atoms with Crippen molar-refractivity contribution in [2.75, 3.05) is 13.2 Å². The van der Waals surface area contributed by atoms with E-state index in [4.69, 9.17) is 5.11 Å². The van der Waals surface area contributed by atoms with Gasteiger partial charge in [0.1, 0.15) is 0 Å². The summed E-state index contributed by atoms with van der Waals surface area (Å²) in [7, 11) is 0. The zero-order chi connectivity index (χ0) is 15.5. The van der Waals surface area contributed by atoms with Crippen LogP contribution in [0.25, 0.3) is 10.4 Å². The topological polar surface area (TPSA) is 49.3 Å². The van der Waals surface area contributed by atoms with Crippen LogP contribution in [0, 0.1) is 5.92 Å². The number of nitrogens with one attached hydrogen (secondary N) is 1. The van der Waals surface area contributed by atoms with Crippen LogP contribution in [0.4, 0.5) is 0 Å². The van der Waals surface area contributed by atoms with Crippen molar-refractivity contribution in [1.29, 1.82) is 0 Å². The summed E-state index contributed by atoms with van der Waals surface area (Å²) in [5, 5.41) is 11.9. The lowest BCUT2D eigenvalue weighted by molar-refractivity contribution is 0.0949. The molecule has 3 rings (SSSR count). The predicted molar refractivity (Wildman–Crippen MR) is 90.4 cm³/mol. The lowest BCUT2D eigenvalue weighted by Gasteiger charge is -2.15. The Labute approximate surface area is 135 Å². The normalized spacial score (nSPS) is 14.1. The van der Waals surface area contributed by atoms with Crippen molar-refractivity contribution >= 4 is 17.2 Å². The molecular formula is C18H21NO2S. The second-order valence-corrected chi connectivity index (χ2v) is 7.00. The van der Waals surface area contributed by atoms with Crippen LogP contribution in [0.15, 0.2) is 30.3 Å². The maximum absolute atomic E-state index is 12.3. The van der Waals surface area contributed by atoms with Gasteiger partial charge in [-0.05, 0) is 47.9 Å². The fourth-order valence-corrected chi connectivity index (χ4v) is 4.05. The van der Waals surface area contributed by atoms with Crippen molar-refractivity contribution in [3.05, 3.63) is 46.3 Å². The van der Waals surface area contributed by atoms with Crippen LogP contribution in [0.1, 0.15) is 34.1 Å². The van der Waals surface area contributed by atoms with Crippen molar-refractivity contribution in [3.8, 4) is 10.4 Å². The number of aliphatic hydroxyl groups is 1. The van der Waals surface area contributed by atoms with Gasteiger partial charge in [0.05, 0.1) is 4.88 Å². The maximum Gasteiger partial charge on any atom is 0.261 e. The molecule has 1 unspecified atom stereocenters. The monoisotopic (exact) mass is 315 g/mol. The van der Waals surface area contributed by atoms with E-state index in [1.807, 2.05) is 13.0 Å². The molecule has 1 aliphatic carbocycles. The first-order valence-corrected chi connectivity index (χ1v) is 8.60. The summed E-state index contributed by atoms with van der Waals surface area (Å²) in [5.41, 5.74) is 3.94. The number of hydrogen-bond acceptors (Lipinski definition) is 3. The third-order valence-corrected chi connectivity index (χ3v) is 5.40. The van der Waals surface area contributed by atoms with E-state index in [1.165, 1.54) is 21.6 Å². The standard InChI is InChI=1S/C18H21NO2S/c1-12(8-9-20)11-19-18(21)16-10-14-7-6-13-4-2-3-5-15(13)17(14)22-16/h2-5,10,12,20H,6-9,11H2,1H3,(H,19,21). The first kappa shape index (κ1) is 15.3. The van der Waals surface area contributed by atoms with Crippen molar-refractivity contribution < 1.29 is 9.90 Å². The van der Waals surface area contributed by atoms with Gasteiger partial charge in [0.15, 0.2) is 0 Å². The van der Waals surface area contributed by atoms with Crippen molar-refractivity contribution in [2.45, 2.75) is 26.2 Å². The molecule has 0 saturated carbocycles. The van der Waals surface area contributed by atoms with Gasteiger partial charge < -0.3 is 10.4 Å². The summed E-state index contributed by atoms with van der Waals surface area (Å²) in [5.74, 6) is 0.297. The van der Waals surface area contributed by atoms with Crippen LogP contribution in [0.5, 0.6) is 0 Å². The number of aryl methyl sites for hydroxylation is 2. The summed E-state index contributed by atoms with van der Waals surface area (Å²) in [6, 6.07) is 10.5. The van der Waals surface area contributed by atoms with Crippen LogP contribution in [-0.2, 0) is 12.8 Å². The Kier molecular flexibility index (Phi) is 4.60. The number of thiophene rings is 1. The first-order valence-electron chi connectivity index (χ1n) is 7.79. The highest BCUT2D eigenvalue weighted by atomic mass is 32.1. The molecule has 0 fully saturated rings. The highest BCUT2D eigenvalue weighted by Gasteiger charge is 2.21. The lowest BCUT2D eigenvalue weighted by Crippen LogP contribution is -2.28. The number of carbonyl (C=O) groups excluding carboxylic acids is 1. The fraction of sp³-hybridized carbons (Fsp3) is 0.389. The Morgan fingerprint density at radius 1 is 1.32 bits per heavy atom. The average Bonchev–Trinajstić information content (AvgIpc) is 2.97. The number of fused-ring (bicyclic) bond motifs is 3. The molecule has 0 spiro atoms. The predicted octanol–water partition coefficient (Wildman–Crippen LogP) is 3.26. The summed E-state index contributed by atoms with van der Waals surface area (Å²) < 4.78 is 0. The van der Waals surface area contributed by atoms with Gasteiger partial charge in [0.2, 0.25) is 0 Å². The minimum absolute atomic E-state index is 0.00155. The summed E-state index contributed by atoms with van der Waals surface area (Å²) in [4.78, 5) is 14.4. The summed E-state index contributed by atoms with van der Waals surface area (Å²) in [6.45, 7) is 2.81. The zero-order valence-electron chi connectivity index (χ0n) is 12.8. The molecule has 1 aromatic heterocycles. The highest BCUT2D eigenvalue weighted by Crippen LogP contribution is 2.39. The van der Waals surface area contributed by atoms with E-state index in [1.54, 1.807) is 11.3 Å². The van der Waals surface area contributed by atoms with Crippen LogP contribution in [0.2, 0.25) is 0 Å². The second kappa shape index (κ2) is 6.63. The van der Waals surface area contributed by atoms with Crippen LogP contribution in [0.3, 0.4) is 0 Å². The number of amides is 1. The molecule has 22 heavy (non-hydrogen) atoms. The molecule has 0 saturated heterocycles. The number of carbonyl (C=O) groups is 1. The molecule has 0 radical (unpaired) electrons. The third-order valence-electron chi connectivity index (χ3n) is 4.19. The van der Waals surface area contributed by atoms with E-state index < -0.39 is 0 Å². The minimum Gasteiger partial charge on any atom is -0.396 e. The van der Waals surface area contributed by atoms with Gasteiger partial charge in [-0.2, -0.15) is 0 Å². The Balaban J connectivity index is 1.75. The molecule has 1 amide bonds. The molecule has 0 bridgehead atoms. The zero-order valence-corrected chi connectivity index (χ0v) is 13.6. The lowest BCUT2D eigenvalue weighted by atomic mass is 9.91. The molecule has 1 aromatic carbocycles. The van der Waals surface area contributed by atoms with Crippen molar-refractivity contribution in [1.82, 2.24) is 5.32 Å². The molecule has 1 atom stereocenters. The van der Waals surface area contributed by atoms with Gasteiger partial charge in [-0.15, -0.1) is 11.3 Å². The van der Waals surface area contributed by atoms with E-state index in [2.05, 4.69) is 29.6 Å². The van der Waals surface area contributed by atoms with Gasteiger partial charge >= 0.3 is 0 Å². The number of benzene rings is 1. The van der Waals surface area contributed by atoms with Crippen molar-refractivity contribution in [3.63, 3.8) is 0 Å². The quantitative estimate of drug-likeness (QED) is 0.890. The second-order valence-electron chi connectivity index (χ2n) is 5.95. The number of hydrogen-bond donors (Lipinski definition) is 2. The van der Waals surface area contributed by atoms with E-state index in [-0.39, 0.29) is 12.5 Å². The molecule has 116 valence electrons. The van der Waals surface area contributed by atoms with Crippen LogP contribution in [-0.4, -0.2) is 24.2 Å². The molecule has 2 N–H and O–H groups in total. The molecule has 4 heteroatoms. The maximum atomic E-state index is 12.3. The van der Waals surface area contributed by atoms with Crippen LogP contribution < -0.4 is 5.32 Å². The van der Waals surface area contributed by atoms with E-state index in [0.29, 0.717) is 18.9 Å². The van der Waals surface area contributed by atoms with E-state index >= 15 is 0 Å². The third kappa shape index (κ3) is 3.08. The van der Waals surface area contributed by atoms with Crippen molar-refractivity contribution in [2.24, 2.45) is 5.92 Å². The molecule has 3 nitrogen and oxygen atoms in total. The smallest absolute Gasteiger partial charge is 0.261 e. The largest absolute Gasteiger partial charge is 0.396 e. The van der Waals surface area contributed by atoms with Gasteiger partial charge in [-0.3, -0.25) is 4.79 Å². The number of aliphatic hydroxyl groups excluding tert-OH is 1. The van der Waals surface area contributed by atoms with Gasteiger partial charge in [0.25, 0.3) is 5.91 Å². The Bertz CT molecular complexity index is 677. The minimum atomic E-state index is 0.00155. The Morgan fingerprint density at radius 2 is 2.09 bits per heavy atom. The number of rotatable bonds is 5. The Hall–Kier alpha value is -1.65. The van der Waals surface area contributed by atoms with Gasteiger partial charge in [-0.25, -0.2) is 0 Å². The van der Waals surface area contributed by atoms with E-state index in [9.17, 15) is 4.79 Å². The summed E-state index contributed by atoms with van der Waals surface area (Å²) >= 11 is 1.59. The molecule has 1 heterocycles. The summed E-state index contributed by atoms with van der Waals surface area (Å²) in [6.07, 6.45) is 2.78. The molecule has 1 aliphatic rings. The Morgan fingerprint density at radius 3 is 2.91 bits per heavy atom. The first-order chi connectivity index (χ1) is 10.7. The highest BCUT2D eigenvalue weighted by molar-refractivity contribution is 7.17. The van der Waals surface area contributed by atoms with Gasteiger partial charge in [-0.1, -0.05) is 31.2 Å². The van der Waals surface area contributed by atoms with Crippen LogP contribution >= 0.6 is 11.3 Å². The molecule has 0 aliphatic heterocycles. The fourth-order valence-electron chi connectivity index (χ4n) is 2.86. The molecule has 2 aromatic rings. The van der Waals surface area contributed by atoms with E-state index in [0.717, 1.165) is 17.7 Å². The average molecular weight is 315 g/mol.